The second-order valence-electron chi connectivity index (χ2n) is 7.30. The molecule has 27 heavy (non-hydrogen) atoms. The zero-order valence-electron chi connectivity index (χ0n) is 15.9. The number of rotatable bonds is 3. The summed E-state index contributed by atoms with van der Waals surface area (Å²) in [6.07, 6.45) is 0.946. The first kappa shape index (κ1) is 16.4. The molecule has 0 unspecified atom stereocenters. The number of carbonyl (C=O) groups is 1. The molecule has 1 amide bonds. The van der Waals surface area contributed by atoms with Gasteiger partial charge in [0.05, 0.1) is 13.2 Å². The zero-order chi connectivity index (χ0) is 18.7. The second kappa shape index (κ2) is 5.84. The first-order valence-electron chi connectivity index (χ1n) is 9.54. The number of guanidine groups is 1. The number of fused-ring (bicyclic) bond motifs is 4. The number of aryl methyl sites for hydroxylation is 2. The molecule has 7 heteroatoms. The second-order valence-corrected chi connectivity index (χ2v) is 7.30. The van der Waals surface area contributed by atoms with Crippen LogP contribution in [-0.4, -0.2) is 52.6 Å². The van der Waals surface area contributed by atoms with Crippen LogP contribution in [0.3, 0.4) is 0 Å². The van der Waals surface area contributed by atoms with E-state index in [1.807, 2.05) is 18.4 Å². The van der Waals surface area contributed by atoms with Gasteiger partial charge in [-0.1, -0.05) is 12.1 Å². The Balaban J connectivity index is 1.59. The summed E-state index contributed by atoms with van der Waals surface area (Å²) in [6.45, 7) is 9.50. The van der Waals surface area contributed by atoms with Crippen LogP contribution in [0, 0.1) is 13.8 Å². The van der Waals surface area contributed by atoms with Gasteiger partial charge in [0, 0.05) is 26.1 Å². The van der Waals surface area contributed by atoms with E-state index in [1.165, 1.54) is 11.1 Å². The normalized spacial score (nSPS) is 17.6. The van der Waals surface area contributed by atoms with Gasteiger partial charge in [-0.2, -0.15) is 0 Å². The number of nitrogens with zero attached hydrogens (tertiary/aromatic N) is 5. The molecule has 0 spiro atoms. The fourth-order valence-corrected chi connectivity index (χ4v) is 4.37. The molecule has 0 N–H and O–H groups in total. The number of aromatic nitrogens is 2. The maximum Gasteiger partial charge on any atom is 0.281 e. The van der Waals surface area contributed by atoms with E-state index in [0.29, 0.717) is 25.3 Å². The Hall–Kier alpha value is -2.83. The standard InChI is InChI=1S/C20H23N5O2/c1-4-23-19(26)16-18(24-7-6-21-20(23)24)22-13(3)25(16)11-14-9-12(2)17-15(10-14)5-8-27-17/h9-10H,4-8,11H2,1-3H3. The predicted molar refractivity (Wildman–Crippen MR) is 103 cm³/mol. The number of anilines is 1. The van der Waals surface area contributed by atoms with Crippen LogP contribution in [0.5, 0.6) is 5.75 Å². The molecule has 2 aromatic rings. The Labute approximate surface area is 158 Å². The van der Waals surface area contributed by atoms with Crippen LogP contribution in [-0.2, 0) is 13.0 Å². The van der Waals surface area contributed by atoms with Crippen molar-refractivity contribution < 1.29 is 9.53 Å². The van der Waals surface area contributed by atoms with Gasteiger partial charge in [0.2, 0.25) is 5.96 Å². The molecule has 1 aromatic carbocycles. The average Bonchev–Trinajstić information content (AvgIpc) is 3.35. The number of ether oxygens (including phenoxy) is 1. The molecule has 0 saturated carbocycles. The number of benzene rings is 1. The van der Waals surface area contributed by atoms with E-state index in [2.05, 4.69) is 28.9 Å². The molecule has 0 saturated heterocycles. The van der Waals surface area contributed by atoms with Crippen molar-refractivity contribution in [3.05, 3.63) is 40.3 Å². The van der Waals surface area contributed by atoms with Crippen molar-refractivity contribution in [1.82, 2.24) is 14.5 Å². The lowest BCUT2D eigenvalue weighted by Gasteiger charge is -2.32. The van der Waals surface area contributed by atoms with Crippen LogP contribution < -0.4 is 9.64 Å². The first-order valence-corrected chi connectivity index (χ1v) is 9.54. The van der Waals surface area contributed by atoms with Gasteiger partial charge < -0.3 is 9.30 Å². The summed E-state index contributed by atoms with van der Waals surface area (Å²) in [5.74, 6) is 3.36. The summed E-state index contributed by atoms with van der Waals surface area (Å²) < 4.78 is 7.77. The molecule has 0 aliphatic carbocycles. The summed E-state index contributed by atoms with van der Waals surface area (Å²) >= 11 is 0. The molecule has 7 nitrogen and oxygen atoms in total. The van der Waals surface area contributed by atoms with E-state index in [4.69, 9.17) is 9.72 Å². The molecular formula is C20H23N5O2. The van der Waals surface area contributed by atoms with Gasteiger partial charge in [0.1, 0.15) is 11.6 Å². The van der Waals surface area contributed by atoms with Gasteiger partial charge >= 0.3 is 0 Å². The molecule has 0 radical (unpaired) electrons. The molecule has 5 rings (SSSR count). The summed E-state index contributed by atoms with van der Waals surface area (Å²) in [5, 5.41) is 0. The molecule has 0 fully saturated rings. The van der Waals surface area contributed by atoms with Crippen molar-refractivity contribution >= 4 is 17.7 Å². The van der Waals surface area contributed by atoms with E-state index in [-0.39, 0.29) is 5.91 Å². The molecule has 0 bridgehead atoms. The summed E-state index contributed by atoms with van der Waals surface area (Å²) in [7, 11) is 0. The minimum Gasteiger partial charge on any atom is -0.493 e. The fourth-order valence-electron chi connectivity index (χ4n) is 4.37. The van der Waals surface area contributed by atoms with Crippen LogP contribution in [0.25, 0.3) is 0 Å². The number of hydrogen-bond acceptors (Lipinski definition) is 5. The van der Waals surface area contributed by atoms with E-state index < -0.39 is 0 Å². The third-order valence-electron chi connectivity index (χ3n) is 5.59. The highest BCUT2D eigenvalue weighted by Gasteiger charge is 2.40. The van der Waals surface area contributed by atoms with E-state index in [1.54, 1.807) is 4.90 Å². The van der Waals surface area contributed by atoms with E-state index in [0.717, 1.165) is 48.5 Å². The van der Waals surface area contributed by atoms with Crippen molar-refractivity contribution in [3.63, 3.8) is 0 Å². The third kappa shape index (κ3) is 2.30. The third-order valence-corrected chi connectivity index (χ3v) is 5.59. The average molecular weight is 365 g/mol. The van der Waals surface area contributed by atoms with Gasteiger partial charge in [-0.05, 0) is 37.5 Å². The van der Waals surface area contributed by atoms with Crippen molar-refractivity contribution in [2.75, 3.05) is 31.1 Å². The van der Waals surface area contributed by atoms with Gasteiger partial charge in [-0.15, -0.1) is 0 Å². The number of imidazole rings is 1. The molecular weight excluding hydrogens is 342 g/mol. The van der Waals surface area contributed by atoms with Gasteiger partial charge in [0.25, 0.3) is 5.91 Å². The van der Waals surface area contributed by atoms with Crippen LogP contribution in [0.4, 0.5) is 5.82 Å². The van der Waals surface area contributed by atoms with Gasteiger partial charge in [-0.3, -0.25) is 19.6 Å². The Morgan fingerprint density at radius 1 is 1.26 bits per heavy atom. The largest absolute Gasteiger partial charge is 0.493 e. The van der Waals surface area contributed by atoms with Crippen LogP contribution in [0.15, 0.2) is 17.1 Å². The lowest BCUT2D eigenvalue weighted by Crippen LogP contribution is -2.50. The van der Waals surface area contributed by atoms with Crippen molar-refractivity contribution in [1.29, 1.82) is 0 Å². The van der Waals surface area contributed by atoms with Crippen molar-refractivity contribution in [2.24, 2.45) is 4.99 Å². The maximum absolute atomic E-state index is 13.2. The predicted octanol–water partition coefficient (Wildman–Crippen LogP) is 2.13. The monoisotopic (exact) mass is 365 g/mol. The summed E-state index contributed by atoms with van der Waals surface area (Å²) in [4.78, 5) is 26.3. The zero-order valence-corrected chi connectivity index (χ0v) is 15.9. The van der Waals surface area contributed by atoms with E-state index >= 15 is 0 Å². The Morgan fingerprint density at radius 3 is 2.93 bits per heavy atom. The van der Waals surface area contributed by atoms with Crippen molar-refractivity contribution in [3.8, 4) is 5.75 Å². The lowest BCUT2D eigenvalue weighted by atomic mass is 10.0. The first-order chi connectivity index (χ1) is 13.1. The quantitative estimate of drug-likeness (QED) is 0.836. The van der Waals surface area contributed by atoms with Gasteiger partial charge in [0.15, 0.2) is 11.5 Å². The number of carbonyl (C=O) groups excluding carboxylic acids is 1. The van der Waals surface area contributed by atoms with E-state index in [9.17, 15) is 4.79 Å². The minimum absolute atomic E-state index is 0.00813. The molecule has 3 aliphatic heterocycles. The molecule has 1 aromatic heterocycles. The highest BCUT2D eigenvalue weighted by atomic mass is 16.5. The molecule has 0 atom stereocenters. The highest BCUT2D eigenvalue weighted by Crippen LogP contribution is 2.33. The fraction of sp³-hybridized carbons (Fsp3) is 0.450. The Kier molecular flexibility index (Phi) is 3.54. The van der Waals surface area contributed by atoms with Crippen LogP contribution in [0.1, 0.15) is 39.9 Å². The highest BCUT2D eigenvalue weighted by molar-refractivity contribution is 6.18. The molecule has 4 heterocycles. The number of aliphatic imine (C=N–C) groups is 1. The number of amides is 1. The smallest absolute Gasteiger partial charge is 0.281 e. The lowest BCUT2D eigenvalue weighted by molar-refractivity contribution is 0.0836. The number of hydrogen-bond donors (Lipinski definition) is 0. The summed E-state index contributed by atoms with van der Waals surface area (Å²) in [5.41, 5.74) is 4.26. The Morgan fingerprint density at radius 2 is 2.11 bits per heavy atom. The molecule has 3 aliphatic rings. The van der Waals surface area contributed by atoms with Gasteiger partial charge in [-0.25, -0.2) is 4.98 Å². The SMILES string of the molecule is CCN1C(=O)c2c(nc(C)n2Cc2cc(C)c3c(c2)CCO3)N2CCN=C12. The van der Waals surface area contributed by atoms with Crippen LogP contribution in [0.2, 0.25) is 0 Å². The van der Waals surface area contributed by atoms with Crippen LogP contribution >= 0.6 is 0 Å². The van der Waals surface area contributed by atoms with Crippen molar-refractivity contribution in [2.45, 2.75) is 33.7 Å². The topological polar surface area (TPSA) is 63.0 Å². The Bertz CT molecular complexity index is 991. The minimum atomic E-state index is -0.00813. The summed E-state index contributed by atoms with van der Waals surface area (Å²) in [6, 6.07) is 4.36. The maximum atomic E-state index is 13.2. The molecule has 140 valence electrons.